The van der Waals surface area contributed by atoms with E-state index >= 15 is 0 Å². The Morgan fingerprint density at radius 3 is 2.67 bits per heavy atom. The van der Waals surface area contributed by atoms with Gasteiger partial charge in [0, 0.05) is 17.5 Å². The molecule has 0 radical (unpaired) electrons. The minimum atomic E-state index is -0.712. The molecule has 2 aromatic rings. The molecule has 3 unspecified atom stereocenters. The van der Waals surface area contributed by atoms with Crippen LogP contribution in [0.5, 0.6) is 0 Å². The number of aliphatic carboxylic acids is 1. The van der Waals surface area contributed by atoms with Gasteiger partial charge < -0.3 is 9.84 Å². The van der Waals surface area contributed by atoms with Crippen LogP contribution in [0.2, 0.25) is 0 Å². The van der Waals surface area contributed by atoms with E-state index in [1.54, 1.807) is 41.5 Å². The van der Waals surface area contributed by atoms with Gasteiger partial charge in [-0.05, 0) is 55.2 Å². The fourth-order valence-corrected chi connectivity index (χ4v) is 7.80. The second-order valence-corrected chi connectivity index (χ2v) is 11.7. The summed E-state index contributed by atoms with van der Waals surface area (Å²) < 4.78 is 7.16. The molecule has 186 valence electrons. The summed E-state index contributed by atoms with van der Waals surface area (Å²) in [4.78, 5) is 26.3. The van der Waals surface area contributed by atoms with Gasteiger partial charge in [0.15, 0.2) is 0 Å². The summed E-state index contributed by atoms with van der Waals surface area (Å²) in [5.41, 5.74) is 3.13. The SMILES string of the molecule is CC1=C(C#Cc2cnn(C)c2NC(=O)OC(C)c2ccccc2C)SC2C=C(C3(C(=O)O)CC3)SC12. The Hall–Kier alpha value is -3.09. The van der Waals surface area contributed by atoms with Crippen molar-refractivity contribution in [2.24, 2.45) is 12.5 Å². The fraction of sp³-hybridized carbons (Fsp3) is 0.370. The molecule has 0 bridgehead atoms. The van der Waals surface area contributed by atoms with Crippen molar-refractivity contribution in [2.75, 3.05) is 5.32 Å². The Morgan fingerprint density at radius 2 is 2.00 bits per heavy atom. The Balaban J connectivity index is 1.27. The highest BCUT2D eigenvalue weighted by Crippen LogP contribution is 2.63. The van der Waals surface area contributed by atoms with Crippen LogP contribution in [0.1, 0.15) is 49.5 Å². The molecule has 0 spiro atoms. The Labute approximate surface area is 218 Å². The maximum atomic E-state index is 12.6. The molecule has 2 aliphatic heterocycles. The number of hydrogen-bond donors (Lipinski definition) is 2. The topological polar surface area (TPSA) is 93.5 Å². The van der Waals surface area contributed by atoms with Crippen LogP contribution >= 0.6 is 23.5 Å². The minimum Gasteiger partial charge on any atom is -0.481 e. The monoisotopic (exact) mass is 521 g/mol. The maximum Gasteiger partial charge on any atom is 0.413 e. The third-order valence-corrected chi connectivity index (χ3v) is 10.1. The number of amides is 1. The summed E-state index contributed by atoms with van der Waals surface area (Å²) in [6.07, 6.45) is 4.23. The number of carboxylic acid groups (broad SMARTS) is 1. The van der Waals surface area contributed by atoms with Crippen molar-refractivity contribution in [3.05, 3.63) is 68.6 Å². The van der Waals surface area contributed by atoms with E-state index in [-0.39, 0.29) is 10.5 Å². The average Bonchev–Trinajstić information content (AvgIpc) is 3.33. The minimum absolute atomic E-state index is 0.204. The van der Waals surface area contributed by atoms with E-state index in [2.05, 4.69) is 35.3 Å². The first-order chi connectivity index (χ1) is 17.2. The predicted octanol–water partition coefficient (Wildman–Crippen LogP) is 5.64. The Morgan fingerprint density at radius 1 is 1.25 bits per heavy atom. The standard InChI is InChI=1S/C27H27N3O4S2/c1-15-7-5-6-8-19(15)17(3)34-26(33)29-24-18(14-28-30(24)4)9-10-20-16(2)23-21(35-20)13-22(36-23)27(11-12-27)25(31)32/h5-8,13-14,17,21,23H,11-12H2,1-4H3,(H,29,33)(H,31,32). The van der Waals surface area contributed by atoms with Crippen molar-refractivity contribution < 1.29 is 19.4 Å². The summed E-state index contributed by atoms with van der Waals surface area (Å²) in [5.74, 6) is 6.18. The lowest BCUT2D eigenvalue weighted by atomic mass is 10.1. The molecule has 9 heteroatoms. The van der Waals surface area contributed by atoms with Crippen molar-refractivity contribution in [2.45, 2.75) is 50.2 Å². The number of allylic oxidation sites excluding steroid dienone is 1. The summed E-state index contributed by atoms with van der Waals surface area (Å²) in [7, 11) is 1.74. The van der Waals surface area contributed by atoms with Gasteiger partial charge in [0.05, 0.1) is 22.1 Å². The number of nitrogens with one attached hydrogen (secondary N) is 1. The van der Waals surface area contributed by atoms with E-state index in [9.17, 15) is 14.7 Å². The van der Waals surface area contributed by atoms with E-state index in [4.69, 9.17) is 4.74 Å². The zero-order valence-corrected chi connectivity index (χ0v) is 22.1. The zero-order valence-electron chi connectivity index (χ0n) is 20.5. The second-order valence-electron chi connectivity index (χ2n) is 9.36. The Kier molecular flexibility index (Phi) is 6.43. The first kappa shape index (κ1) is 24.6. The van der Waals surface area contributed by atoms with Gasteiger partial charge in [0.2, 0.25) is 0 Å². The number of aromatic nitrogens is 2. The molecule has 3 aliphatic rings. The first-order valence-corrected chi connectivity index (χ1v) is 13.5. The molecular formula is C27H27N3O4S2. The number of benzene rings is 1. The number of carbonyl (C=O) groups is 2. The van der Waals surface area contributed by atoms with Crippen molar-refractivity contribution in [1.82, 2.24) is 9.78 Å². The number of hydrogen-bond acceptors (Lipinski definition) is 6. The zero-order chi connectivity index (χ0) is 25.6. The van der Waals surface area contributed by atoms with Gasteiger partial charge in [-0.3, -0.25) is 14.8 Å². The van der Waals surface area contributed by atoms with E-state index < -0.39 is 23.6 Å². The Bertz CT molecular complexity index is 1380. The van der Waals surface area contributed by atoms with E-state index in [0.29, 0.717) is 11.4 Å². The summed E-state index contributed by atoms with van der Waals surface area (Å²) >= 11 is 3.36. The van der Waals surface area contributed by atoms with Crippen LogP contribution < -0.4 is 5.32 Å². The molecule has 3 heterocycles. The number of nitrogens with zero attached hydrogens (tertiary/aromatic N) is 2. The molecule has 36 heavy (non-hydrogen) atoms. The molecule has 1 amide bonds. The van der Waals surface area contributed by atoms with Crippen molar-refractivity contribution >= 4 is 41.4 Å². The molecule has 1 saturated carbocycles. The molecule has 1 aromatic carbocycles. The van der Waals surface area contributed by atoms with E-state index in [0.717, 1.165) is 33.8 Å². The normalized spacial score (nSPS) is 22.3. The van der Waals surface area contributed by atoms with Crippen LogP contribution in [-0.4, -0.2) is 37.4 Å². The van der Waals surface area contributed by atoms with Crippen LogP contribution in [0, 0.1) is 24.2 Å². The van der Waals surface area contributed by atoms with Crippen LogP contribution in [-0.2, 0) is 16.6 Å². The molecule has 1 aliphatic carbocycles. The van der Waals surface area contributed by atoms with Crippen molar-refractivity contribution in [1.29, 1.82) is 0 Å². The maximum absolute atomic E-state index is 12.6. The fourth-order valence-electron chi connectivity index (χ4n) is 4.55. The predicted molar refractivity (Wildman–Crippen MR) is 143 cm³/mol. The van der Waals surface area contributed by atoms with Gasteiger partial charge in [0.25, 0.3) is 0 Å². The van der Waals surface area contributed by atoms with Crippen LogP contribution in [0.3, 0.4) is 0 Å². The highest BCUT2D eigenvalue weighted by Gasteiger charge is 2.56. The lowest BCUT2D eigenvalue weighted by Crippen LogP contribution is -2.18. The average molecular weight is 522 g/mol. The highest BCUT2D eigenvalue weighted by atomic mass is 32.2. The van der Waals surface area contributed by atoms with Gasteiger partial charge in [-0.2, -0.15) is 5.10 Å². The number of carbonyl (C=O) groups excluding carboxylic acids is 1. The van der Waals surface area contributed by atoms with E-state index in [1.807, 2.05) is 38.1 Å². The molecule has 2 N–H and O–H groups in total. The molecule has 1 aromatic heterocycles. The smallest absolute Gasteiger partial charge is 0.413 e. The third-order valence-electron chi connectivity index (χ3n) is 6.92. The third kappa shape index (κ3) is 4.44. The van der Waals surface area contributed by atoms with Crippen LogP contribution in [0.25, 0.3) is 0 Å². The van der Waals surface area contributed by atoms with Crippen LogP contribution in [0.15, 0.2) is 51.9 Å². The van der Waals surface area contributed by atoms with Crippen molar-refractivity contribution in [3.63, 3.8) is 0 Å². The van der Waals surface area contributed by atoms with Crippen LogP contribution in [0.4, 0.5) is 10.6 Å². The number of ether oxygens (including phenoxy) is 1. The molecule has 3 atom stereocenters. The summed E-state index contributed by atoms with van der Waals surface area (Å²) in [6, 6.07) is 7.80. The number of anilines is 1. The number of rotatable bonds is 5. The van der Waals surface area contributed by atoms with Gasteiger partial charge >= 0.3 is 12.1 Å². The summed E-state index contributed by atoms with van der Waals surface area (Å²) in [6.45, 7) is 5.90. The number of thioether (sulfide) groups is 2. The van der Waals surface area contributed by atoms with Gasteiger partial charge in [0.1, 0.15) is 11.9 Å². The largest absolute Gasteiger partial charge is 0.481 e. The molecule has 1 fully saturated rings. The second kappa shape index (κ2) is 9.41. The number of fused-ring (bicyclic) bond motifs is 1. The molecule has 5 rings (SSSR count). The van der Waals surface area contributed by atoms with Crippen molar-refractivity contribution in [3.8, 4) is 11.8 Å². The molecule has 0 saturated heterocycles. The van der Waals surface area contributed by atoms with Gasteiger partial charge in [-0.15, -0.1) is 23.5 Å². The molecular weight excluding hydrogens is 494 g/mol. The van der Waals surface area contributed by atoms with Gasteiger partial charge in [-0.25, -0.2) is 4.79 Å². The van der Waals surface area contributed by atoms with E-state index in [1.165, 1.54) is 5.57 Å². The number of carboxylic acids is 1. The lowest BCUT2D eigenvalue weighted by molar-refractivity contribution is -0.141. The molecule has 7 nitrogen and oxygen atoms in total. The highest BCUT2D eigenvalue weighted by molar-refractivity contribution is 8.09. The summed E-state index contributed by atoms with van der Waals surface area (Å²) in [5, 5.41) is 17.1. The first-order valence-electron chi connectivity index (χ1n) is 11.8. The van der Waals surface area contributed by atoms with Gasteiger partial charge in [-0.1, -0.05) is 42.2 Å². The lowest BCUT2D eigenvalue weighted by Gasteiger charge is -2.16. The number of aryl methyl sites for hydroxylation is 2. The quantitative estimate of drug-likeness (QED) is 0.492.